The third-order valence-electron chi connectivity index (χ3n) is 5.51. The lowest BCUT2D eigenvalue weighted by Gasteiger charge is -2.24. The molecule has 4 aliphatic rings. The van der Waals surface area contributed by atoms with Gasteiger partial charge < -0.3 is 0 Å². The number of hydrogen-bond acceptors (Lipinski definition) is 6. The second-order valence-corrected chi connectivity index (χ2v) is 15.9. The van der Waals surface area contributed by atoms with Gasteiger partial charge in [-0.3, -0.25) is 19.2 Å². The van der Waals surface area contributed by atoms with Crippen LogP contribution in [0.5, 0.6) is 0 Å². The molecule has 2 aliphatic heterocycles. The molecule has 2 aliphatic carbocycles. The number of hydrogen-bond donors (Lipinski definition) is 0. The second kappa shape index (κ2) is 11.5. The Kier molecular flexibility index (Phi) is 9.81. The van der Waals surface area contributed by atoms with E-state index >= 15 is 0 Å². The lowest BCUT2D eigenvalue weighted by Crippen LogP contribution is -2.31. The molecule has 2 saturated heterocycles. The second-order valence-electron chi connectivity index (χ2n) is 7.71. The van der Waals surface area contributed by atoms with Crippen molar-refractivity contribution in [3.8, 4) is 0 Å². The SMILES string of the molecule is O=C1C2C=CCCC2C(=O)N1SC(Cl)(Cl)C(Cl)Cl.O=C1C2C=CCCC2C(=O)N1SC(Cl)(Cl)Cl. The normalized spacial score (nSPS) is 28.9. The first kappa shape index (κ1) is 29.1. The van der Waals surface area contributed by atoms with E-state index in [-0.39, 0.29) is 41.4 Å². The predicted molar refractivity (Wildman–Crippen MR) is 140 cm³/mol. The van der Waals surface area contributed by atoms with Crippen LogP contribution in [-0.4, -0.2) is 43.9 Å². The van der Waals surface area contributed by atoms with E-state index in [1.165, 1.54) is 0 Å². The fourth-order valence-electron chi connectivity index (χ4n) is 3.96. The van der Waals surface area contributed by atoms with Crippen molar-refractivity contribution in [3.05, 3.63) is 24.3 Å². The molecule has 15 heteroatoms. The number of nitrogens with zero attached hydrogens (tertiary/aromatic N) is 2. The predicted octanol–water partition coefficient (Wildman–Crippen LogP) is 6.43. The molecule has 0 aromatic rings. The topological polar surface area (TPSA) is 74.8 Å². The van der Waals surface area contributed by atoms with Crippen LogP contribution in [0.15, 0.2) is 24.3 Å². The van der Waals surface area contributed by atoms with Gasteiger partial charge in [-0.05, 0) is 25.7 Å². The van der Waals surface area contributed by atoms with Crippen LogP contribution in [0.4, 0.5) is 0 Å². The number of imide groups is 2. The van der Waals surface area contributed by atoms with Crippen molar-refractivity contribution < 1.29 is 19.2 Å². The van der Waals surface area contributed by atoms with Gasteiger partial charge in [-0.1, -0.05) is 82.3 Å². The minimum absolute atomic E-state index is 0.254. The Hall–Kier alpha value is 0.490. The molecule has 4 atom stereocenters. The molecule has 188 valence electrons. The lowest BCUT2D eigenvalue weighted by atomic mass is 9.86. The van der Waals surface area contributed by atoms with Gasteiger partial charge in [-0.15, -0.1) is 23.2 Å². The van der Waals surface area contributed by atoms with Crippen molar-refractivity contribution in [2.75, 3.05) is 0 Å². The molecule has 0 radical (unpaired) electrons. The summed E-state index contributed by atoms with van der Waals surface area (Å²) in [6, 6.07) is 0. The van der Waals surface area contributed by atoms with E-state index in [0.29, 0.717) is 36.7 Å². The highest BCUT2D eigenvalue weighted by molar-refractivity contribution is 8.03. The largest absolute Gasteiger partial charge is 0.273 e. The maximum absolute atomic E-state index is 12.1. The quantitative estimate of drug-likeness (QED) is 0.151. The summed E-state index contributed by atoms with van der Waals surface area (Å²) in [6.45, 7) is 0. The summed E-state index contributed by atoms with van der Waals surface area (Å²) in [6.07, 6.45) is 10.3. The van der Waals surface area contributed by atoms with Crippen molar-refractivity contribution in [3.63, 3.8) is 0 Å². The van der Waals surface area contributed by atoms with E-state index in [1.807, 2.05) is 12.2 Å². The van der Waals surface area contributed by atoms with Crippen LogP contribution in [0.2, 0.25) is 0 Å². The molecule has 2 fully saturated rings. The monoisotopic (exact) mass is 646 g/mol. The molecule has 0 aromatic heterocycles. The van der Waals surface area contributed by atoms with Crippen LogP contribution in [0.25, 0.3) is 0 Å². The fraction of sp³-hybridized carbons (Fsp3) is 0.579. The van der Waals surface area contributed by atoms with Crippen LogP contribution in [0.3, 0.4) is 0 Å². The molecule has 0 N–H and O–H groups in total. The van der Waals surface area contributed by atoms with E-state index in [1.54, 1.807) is 12.2 Å². The molecule has 0 aromatic carbocycles. The summed E-state index contributed by atoms with van der Waals surface area (Å²) in [5, 5.41) is 0. The van der Waals surface area contributed by atoms with E-state index in [0.717, 1.165) is 21.5 Å². The van der Waals surface area contributed by atoms with Crippen LogP contribution < -0.4 is 0 Å². The molecule has 4 unspecified atom stereocenters. The molecule has 0 saturated carbocycles. The zero-order chi connectivity index (χ0) is 25.4. The number of alkyl halides is 7. The number of amides is 4. The first-order valence-electron chi connectivity index (χ1n) is 9.94. The highest BCUT2D eigenvalue weighted by atomic mass is 35.6. The molecule has 0 bridgehead atoms. The van der Waals surface area contributed by atoms with E-state index in [9.17, 15) is 19.2 Å². The molecule has 4 amide bonds. The Balaban J connectivity index is 0.000000192. The van der Waals surface area contributed by atoms with Crippen LogP contribution in [-0.2, 0) is 19.2 Å². The Morgan fingerprint density at radius 1 is 0.735 bits per heavy atom. The highest BCUT2D eigenvalue weighted by Gasteiger charge is 2.51. The highest BCUT2D eigenvalue weighted by Crippen LogP contribution is 2.49. The minimum Gasteiger partial charge on any atom is -0.273 e. The zero-order valence-corrected chi connectivity index (χ0v) is 23.9. The number of fused-ring (bicyclic) bond motifs is 2. The molecule has 2 heterocycles. The minimum atomic E-state index is -1.69. The maximum Gasteiger partial charge on any atom is 0.256 e. The smallest absolute Gasteiger partial charge is 0.256 e. The van der Waals surface area contributed by atoms with E-state index in [4.69, 9.17) is 81.2 Å². The molecular weight excluding hydrogens is 633 g/mol. The van der Waals surface area contributed by atoms with Gasteiger partial charge in [0.15, 0.2) is 4.84 Å². The molecule has 34 heavy (non-hydrogen) atoms. The van der Waals surface area contributed by atoms with Crippen molar-refractivity contribution in [2.24, 2.45) is 23.7 Å². The van der Waals surface area contributed by atoms with Gasteiger partial charge in [0.05, 0.1) is 23.7 Å². The maximum atomic E-state index is 12.1. The van der Waals surface area contributed by atoms with E-state index < -0.39 is 17.5 Å². The van der Waals surface area contributed by atoms with Gasteiger partial charge in [0.25, 0.3) is 3.12 Å². The third-order valence-corrected chi connectivity index (χ3v) is 10.1. The Labute approximate surface area is 240 Å². The van der Waals surface area contributed by atoms with Gasteiger partial charge in [-0.25, -0.2) is 8.61 Å². The van der Waals surface area contributed by atoms with E-state index in [2.05, 4.69) is 0 Å². The lowest BCUT2D eigenvalue weighted by molar-refractivity contribution is -0.134. The molecule has 4 rings (SSSR count). The van der Waals surface area contributed by atoms with Gasteiger partial charge in [0, 0.05) is 23.9 Å². The standard InChI is InChI=1S/C10H9Cl4NO2S.C9H8Cl3NO2S/c11-9(12)10(13,14)18-15-7(16)5-3-1-2-4-6(5)8(15)17;10-9(11,12)16-13-7(14)5-3-1-2-4-6(5)8(13)15/h1,3,5-6,9H,2,4H2;1,3,5-6H,2,4H2. The summed E-state index contributed by atoms with van der Waals surface area (Å²) < 4.78 is -1.35. The summed E-state index contributed by atoms with van der Waals surface area (Å²) >= 11 is 41.0. The van der Waals surface area contributed by atoms with Crippen molar-refractivity contribution in [2.45, 2.75) is 37.3 Å². The fourth-order valence-corrected chi connectivity index (χ4v) is 6.64. The van der Waals surface area contributed by atoms with Gasteiger partial charge >= 0.3 is 0 Å². The number of halogens is 7. The van der Waals surface area contributed by atoms with Crippen molar-refractivity contribution >= 4 is 129 Å². The van der Waals surface area contributed by atoms with Crippen LogP contribution in [0, 0.1) is 23.7 Å². The third kappa shape index (κ3) is 6.48. The Bertz CT molecular complexity index is 925. The average Bonchev–Trinajstić information content (AvgIpc) is 3.14. The average molecular weight is 650 g/mol. The number of allylic oxidation sites excluding steroid dienone is 2. The molecular formula is C19H17Cl7N2O4S2. The van der Waals surface area contributed by atoms with Crippen LogP contribution >= 0.6 is 105 Å². The summed E-state index contributed by atoms with van der Waals surface area (Å²) in [4.78, 5) is 46.8. The van der Waals surface area contributed by atoms with Crippen LogP contribution in [0.1, 0.15) is 25.7 Å². The van der Waals surface area contributed by atoms with Gasteiger partial charge in [0.2, 0.25) is 27.3 Å². The molecule has 6 nitrogen and oxygen atoms in total. The number of carbonyl (C=O) groups is 4. The number of carbonyl (C=O) groups excluding carboxylic acids is 4. The summed E-state index contributed by atoms with van der Waals surface area (Å²) in [5.41, 5.74) is 0. The van der Waals surface area contributed by atoms with Crippen molar-refractivity contribution in [1.82, 2.24) is 8.61 Å². The van der Waals surface area contributed by atoms with Gasteiger partial charge in [-0.2, -0.15) is 0 Å². The summed E-state index contributed by atoms with van der Waals surface area (Å²) in [7, 11) is 0. The zero-order valence-electron chi connectivity index (χ0n) is 17.0. The Morgan fingerprint density at radius 3 is 1.50 bits per heavy atom. The van der Waals surface area contributed by atoms with Crippen molar-refractivity contribution in [1.29, 1.82) is 0 Å². The summed E-state index contributed by atoms with van der Waals surface area (Å²) in [5.74, 6) is -2.52. The number of rotatable bonds is 4. The molecule has 0 spiro atoms. The Morgan fingerprint density at radius 2 is 1.15 bits per heavy atom. The first-order valence-corrected chi connectivity index (χ1v) is 14.3. The first-order chi connectivity index (χ1) is 15.7. The van der Waals surface area contributed by atoms with Gasteiger partial charge in [0.1, 0.15) is 0 Å².